The molecule has 1 nitrogen and oxygen atoms in total. The van der Waals surface area contributed by atoms with Crippen LogP contribution in [0.3, 0.4) is 0 Å². The van der Waals surface area contributed by atoms with E-state index >= 15 is 0 Å². The number of allylic oxidation sites excluding steroid dienone is 5. The molecule has 0 bridgehead atoms. The Morgan fingerprint density at radius 3 is 2.93 bits per heavy atom. The summed E-state index contributed by atoms with van der Waals surface area (Å²) in [6.07, 6.45) is 15.0. The fourth-order valence-corrected chi connectivity index (χ4v) is 1.70. The van der Waals surface area contributed by atoms with E-state index in [1.54, 1.807) is 0 Å². The van der Waals surface area contributed by atoms with Gasteiger partial charge >= 0.3 is 0 Å². The maximum absolute atomic E-state index is 3.89. The molecule has 1 radical (unpaired) electrons. The predicted octanol–water partition coefficient (Wildman–Crippen LogP) is 3.57. The summed E-state index contributed by atoms with van der Waals surface area (Å²) >= 11 is 0. The number of hydrogen-bond acceptors (Lipinski definition) is 1. The van der Waals surface area contributed by atoms with Gasteiger partial charge in [0, 0.05) is 11.9 Å². The highest BCUT2D eigenvalue weighted by molar-refractivity contribution is 5.22. The van der Waals surface area contributed by atoms with Crippen LogP contribution in [0, 0.1) is 12.8 Å². The van der Waals surface area contributed by atoms with Crippen LogP contribution in [-0.4, -0.2) is 0 Å². The molecule has 0 aliphatic carbocycles. The van der Waals surface area contributed by atoms with Crippen LogP contribution in [0.5, 0.6) is 0 Å². The third-order valence-electron chi connectivity index (χ3n) is 2.58. The Labute approximate surface area is 87.6 Å². The van der Waals surface area contributed by atoms with Crippen LogP contribution in [0.2, 0.25) is 0 Å². The zero-order valence-corrected chi connectivity index (χ0v) is 9.00. The summed E-state index contributed by atoms with van der Waals surface area (Å²) < 4.78 is 0. The van der Waals surface area contributed by atoms with Crippen molar-refractivity contribution in [2.24, 2.45) is 5.92 Å². The molecule has 0 spiro atoms. The second kappa shape index (κ2) is 6.47. The first-order chi connectivity index (χ1) is 6.88. The summed E-state index contributed by atoms with van der Waals surface area (Å²) in [4.78, 5) is 0. The van der Waals surface area contributed by atoms with Crippen molar-refractivity contribution in [2.75, 3.05) is 0 Å². The molecule has 0 saturated carbocycles. The zero-order valence-electron chi connectivity index (χ0n) is 9.00. The Hall–Kier alpha value is -0.980. The molecule has 1 heterocycles. The van der Waals surface area contributed by atoms with Crippen LogP contribution in [0.15, 0.2) is 36.2 Å². The Kier molecular flexibility index (Phi) is 5.13. The van der Waals surface area contributed by atoms with E-state index < -0.39 is 0 Å². The molecule has 1 aliphatic rings. The molecule has 1 rings (SSSR count). The number of nitrogens with one attached hydrogen (secondary N) is 1. The Morgan fingerprint density at radius 2 is 2.21 bits per heavy atom. The Morgan fingerprint density at radius 1 is 1.36 bits per heavy atom. The summed E-state index contributed by atoms with van der Waals surface area (Å²) in [5.41, 5.74) is 1.34. The lowest BCUT2D eigenvalue weighted by atomic mass is 9.95. The van der Waals surface area contributed by atoms with Crippen LogP contribution < -0.4 is 5.32 Å². The van der Waals surface area contributed by atoms with E-state index in [4.69, 9.17) is 0 Å². The van der Waals surface area contributed by atoms with Crippen LogP contribution in [0.1, 0.15) is 32.6 Å². The van der Waals surface area contributed by atoms with Crippen molar-refractivity contribution in [1.82, 2.24) is 5.32 Å². The summed E-state index contributed by atoms with van der Waals surface area (Å²) in [5, 5.41) is 3.34. The quantitative estimate of drug-likeness (QED) is 0.698. The lowest BCUT2D eigenvalue weighted by Crippen LogP contribution is -2.14. The summed E-state index contributed by atoms with van der Waals surface area (Å²) in [6, 6.07) is 0. The van der Waals surface area contributed by atoms with E-state index in [-0.39, 0.29) is 0 Å². The second-order valence-corrected chi connectivity index (χ2v) is 3.61. The molecule has 1 aliphatic heterocycles. The van der Waals surface area contributed by atoms with Gasteiger partial charge in [-0.15, -0.1) is 0 Å². The highest BCUT2D eigenvalue weighted by atomic mass is 14.9. The largest absolute Gasteiger partial charge is 0.365 e. The fourth-order valence-electron chi connectivity index (χ4n) is 1.70. The van der Waals surface area contributed by atoms with E-state index in [0.29, 0.717) is 5.92 Å². The number of rotatable bonds is 5. The van der Waals surface area contributed by atoms with E-state index in [9.17, 15) is 0 Å². The fraction of sp³-hybridized carbons (Fsp3) is 0.462. The minimum absolute atomic E-state index is 0.657. The molecule has 1 unspecified atom stereocenters. The van der Waals surface area contributed by atoms with Gasteiger partial charge in [0.2, 0.25) is 0 Å². The van der Waals surface area contributed by atoms with Gasteiger partial charge < -0.3 is 5.32 Å². The third kappa shape index (κ3) is 3.41. The molecule has 1 N–H and O–H groups in total. The lowest BCUT2D eigenvalue weighted by Gasteiger charge is -2.18. The van der Waals surface area contributed by atoms with Crippen LogP contribution in [-0.2, 0) is 0 Å². The molecule has 0 amide bonds. The highest BCUT2D eigenvalue weighted by Crippen LogP contribution is 2.20. The maximum atomic E-state index is 3.89. The van der Waals surface area contributed by atoms with Crippen LogP contribution in [0.4, 0.5) is 0 Å². The Bertz CT molecular complexity index is 236. The second-order valence-electron chi connectivity index (χ2n) is 3.61. The van der Waals surface area contributed by atoms with E-state index in [0.717, 1.165) is 6.42 Å². The van der Waals surface area contributed by atoms with Gasteiger partial charge in [0.1, 0.15) is 0 Å². The lowest BCUT2D eigenvalue weighted by molar-refractivity contribution is 0.503. The molecule has 0 aromatic carbocycles. The molecule has 0 fully saturated rings. The first-order valence-electron chi connectivity index (χ1n) is 5.47. The molecule has 0 aromatic rings. The van der Waals surface area contributed by atoms with Crippen LogP contribution in [0.25, 0.3) is 0 Å². The van der Waals surface area contributed by atoms with Crippen molar-refractivity contribution in [3.05, 3.63) is 43.1 Å². The van der Waals surface area contributed by atoms with Gasteiger partial charge in [-0.1, -0.05) is 38.8 Å². The van der Waals surface area contributed by atoms with Crippen molar-refractivity contribution < 1.29 is 0 Å². The third-order valence-corrected chi connectivity index (χ3v) is 2.58. The standard InChI is InChI=1S/C13H20N/c1-3-5-9-12(4-2)13-10-7-6-8-11-14-13/h6-8,10-12,14H,1,3-5,9H2,2H3. The van der Waals surface area contributed by atoms with E-state index in [1.807, 2.05) is 18.4 Å². The summed E-state index contributed by atoms with van der Waals surface area (Å²) in [5.74, 6) is 0.657. The molecule has 0 aromatic heterocycles. The van der Waals surface area contributed by atoms with E-state index in [1.165, 1.54) is 25.0 Å². The molecule has 1 atom stereocenters. The number of unbranched alkanes of at least 4 members (excludes halogenated alkanes) is 1. The normalized spacial score (nSPS) is 17.1. The highest BCUT2D eigenvalue weighted by Gasteiger charge is 2.10. The van der Waals surface area contributed by atoms with Crippen molar-refractivity contribution in [1.29, 1.82) is 0 Å². The van der Waals surface area contributed by atoms with Gasteiger partial charge in [-0.3, -0.25) is 0 Å². The zero-order chi connectivity index (χ0) is 10.2. The molecule has 14 heavy (non-hydrogen) atoms. The molecule has 77 valence electrons. The average Bonchev–Trinajstić information content (AvgIpc) is 2.48. The SMILES string of the molecule is [CH2]CCCC(CC)C1=CC=CC=CN1. The minimum atomic E-state index is 0.657. The van der Waals surface area contributed by atoms with Crippen molar-refractivity contribution in [3.63, 3.8) is 0 Å². The molecular formula is C13H20N. The predicted molar refractivity (Wildman–Crippen MR) is 62.5 cm³/mol. The molecule has 1 heteroatoms. The van der Waals surface area contributed by atoms with Gasteiger partial charge in [-0.25, -0.2) is 0 Å². The van der Waals surface area contributed by atoms with Crippen LogP contribution >= 0.6 is 0 Å². The van der Waals surface area contributed by atoms with Gasteiger partial charge in [0.25, 0.3) is 0 Å². The first kappa shape index (κ1) is 11.1. The summed E-state index contributed by atoms with van der Waals surface area (Å²) in [6.45, 7) is 6.13. The van der Waals surface area contributed by atoms with Crippen molar-refractivity contribution >= 4 is 0 Å². The van der Waals surface area contributed by atoms with E-state index in [2.05, 4.69) is 31.3 Å². The number of hydrogen-bond donors (Lipinski definition) is 1. The minimum Gasteiger partial charge on any atom is -0.365 e. The first-order valence-corrected chi connectivity index (χ1v) is 5.47. The molecule has 0 saturated heterocycles. The topological polar surface area (TPSA) is 12.0 Å². The summed E-state index contributed by atoms with van der Waals surface area (Å²) in [7, 11) is 0. The van der Waals surface area contributed by atoms with Gasteiger partial charge in [0.15, 0.2) is 0 Å². The monoisotopic (exact) mass is 190 g/mol. The average molecular weight is 190 g/mol. The van der Waals surface area contributed by atoms with Crippen molar-refractivity contribution in [3.8, 4) is 0 Å². The smallest absolute Gasteiger partial charge is 0.0177 e. The van der Waals surface area contributed by atoms with Gasteiger partial charge in [0.05, 0.1) is 0 Å². The van der Waals surface area contributed by atoms with Crippen molar-refractivity contribution in [2.45, 2.75) is 32.6 Å². The Balaban J connectivity index is 2.54. The van der Waals surface area contributed by atoms with Gasteiger partial charge in [-0.05, 0) is 30.9 Å². The maximum Gasteiger partial charge on any atom is 0.0177 e. The molecular weight excluding hydrogens is 170 g/mol. The van der Waals surface area contributed by atoms with Gasteiger partial charge in [-0.2, -0.15) is 0 Å².